The van der Waals surface area contributed by atoms with Crippen molar-refractivity contribution in [1.29, 1.82) is 0 Å². The van der Waals surface area contributed by atoms with E-state index in [0.29, 0.717) is 0 Å². The Kier molecular flexibility index (Phi) is 2.59. The summed E-state index contributed by atoms with van der Waals surface area (Å²) in [6.07, 6.45) is 4.91. The summed E-state index contributed by atoms with van der Waals surface area (Å²) in [6.45, 7) is 7.78. The molecule has 3 rings (SSSR count). The summed E-state index contributed by atoms with van der Waals surface area (Å²) < 4.78 is 2.00. The van der Waals surface area contributed by atoms with Gasteiger partial charge in [0.15, 0.2) is 5.82 Å². The third-order valence-electron chi connectivity index (χ3n) is 3.65. The SMILES string of the molecule is CCn1ccc(N2CCN(C3CC3)CC2)n1. The Morgan fingerprint density at radius 1 is 1.25 bits per heavy atom. The lowest BCUT2D eigenvalue weighted by atomic mass is 10.3. The fourth-order valence-corrected chi connectivity index (χ4v) is 2.45. The van der Waals surface area contributed by atoms with Crippen molar-refractivity contribution in [3.63, 3.8) is 0 Å². The number of rotatable bonds is 3. The summed E-state index contributed by atoms with van der Waals surface area (Å²) in [6, 6.07) is 3.05. The van der Waals surface area contributed by atoms with Gasteiger partial charge in [-0.25, -0.2) is 0 Å². The van der Waals surface area contributed by atoms with Crippen molar-refractivity contribution in [1.82, 2.24) is 14.7 Å². The fourth-order valence-electron chi connectivity index (χ4n) is 2.45. The highest BCUT2D eigenvalue weighted by Crippen LogP contribution is 2.28. The molecular formula is C12H20N4. The average Bonchev–Trinajstić information content (AvgIpc) is 3.07. The van der Waals surface area contributed by atoms with E-state index in [4.69, 9.17) is 0 Å². The number of hydrogen-bond acceptors (Lipinski definition) is 3. The first-order chi connectivity index (χ1) is 7.86. The van der Waals surface area contributed by atoms with Crippen LogP contribution in [-0.2, 0) is 6.54 Å². The first-order valence-electron chi connectivity index (χ1n) is 6.39. The van der Waals surface area contributed by atoms with Gasteiger partial charge in [0, 0.05) is 51.0 Å². The zero-order chi connectivity index (χ0) is 11.0. The van der Waals surface area contributed by atoms with Crippen LogP contribution in [0.25, 0.3) is 0 Å². The van der Waals surface area contributed by atoms with Crippen LogP contribution >= 0.6 is 0 Å². The Balaban J connectivity index is 1.60. The van der Waals surface area contributed by atoms with Crippen molar-refractivity contribution in [3.8, 4) is 0 Å². The van der Waals surface area contributed by atoms with Crippen LogP contribution in [0.4, 0.5) is 5.82 Å². The summed E-state index contributed by atoms with van der Waals surface area (Å²) in [5, 5.41) is 4.56. The van der Waals surface area contributed by atoms with Crippen LogP contribution in [-0.4, -0.2) is 46.9 Å². The van der Waals surface area contributed by atoms with E-state index in [1.807, 2.05) is 4.68 Å². The molecule has 1 saturated heterocycles. The third kappa shape index (κ3) is 1.94. The monoisotopic (exact) mass is 220 g/mol. The highest BCUT2D eigenvalue weighted by atomic mass is 15.4. The van der Waals surface area contributed by atoms with Crippen LogP contribution < -0.4 is 4.90 Å². The lowest BCUT2D eigenvalue weighted by Crippen LogP contribution is -2.47. The van der Waals surface area contributed by atoms with Crippen LogP contribution in [0.2, 0.25) is 0 Å². The number of aromatic nitrogens is 2. The molecule has 0 spiro atoms. The molecule has 2 aliphatic rings. The molecule has 4 heteroatoms. The molecule has 1 aliphatic heterocycles. The molecule has 0 unspecified atom stereocenters. The zero-order valence-electron chi connectivity index (χ0n) is 9.97. The number of anilines is 1. The second-order valence-electron chi connectivity index (χ2n) is 4.78. The van der Waals surface area contributed by atoms with Gasteiger partial charge in [-0.1, -0.05) is 0 Å². The molecule has 0 amide bonds. The van der Waals surface area contributed by atoms with Crippen LogP contribution in [0.3, 0.4) is 0 Å². The summed E-state index contributed by atoms with van der Waals surface area (Å²) >= 11 is 0. The van der Waals surface area contributed by atoms with Gasteiger partial charge in [-0.15, -0.1) is 0 Å². The van der Waals surface area contributed by atoms with Gasteiger partial charge >= 0.3 is 0 Å². The van der Waals surface area contributed by atoms with Crippen molar-refractivity contribution in [2.75, 3.05) is 31.1 Å². The van der Waals surface area contributed by atoms with Gasteiger partial charge in [0.05, 0.1) is 0 Å². The summed E-state index contributed by atoms with van der Waals surface area (Å²) in [4.78, 5) is 5.04. The van der Waals surface area contributed by atoms with Gasteiger partial charge in [-0.2, -0.15) is 5.10 Å². The number of piperazine rings is 1. The molecule has 88 valence electrons. The van der Waals surface area contributed by atoms with E-state index in [0.717, 1.165) is 31.5 Å². The van der Waals surface area contributed by atoms with E-state index in [2.05, 4.69) is 34.1 Å². The van der Waals surface area contributed by atoms with Crippen molar-refractivity contribution in [2.24, 2.45) is 0 Å². The Labute approximate surface area is 96.8 Å². The van der Waals surface area contributed by atoms with Crippen LogP contribution in [0, 0.1) is 0 Å². The van der Waals surface area contributed by atoms with Crippen molar-refractivity contribution in [3.05, 3.63) is 12.3 Å². The highest BCUT2D eigenvalue weighted by molar-refractivity contribution is 5.37. The quantitative estimate of drug-likeness (QED) is 0.764. The molecule has 1 aromatic rings. The van der Waals surface area contributed by atoms with E-state index < -0.39 is 0 Å². The minimum atomic E-state index is 0.912. The predicted octanol–water partition coefficient (Wildman–Crippen LogP) is 1.19. The summed E-state index contributed by atoms with van der Waals surface area (Å²) in [5.41, 5.74) is 0. The van der Waals surface area contributed by atoms with Crippen molar-refractivity contribution >= 4 is 5.82 Å². The molecule has 1 aliphatic carbocycles. The van der Waals surface area contributed by atoms with Gasteiger partial charge in [0.2, 0.25) is 0 Å². The minimum absolute atomic E-state index is 0.912. The van der Waals surface area contributed by atoms with E-state index in [1.165, 1.54) is 25.9 Å². The van der Waals surface area contributed by atoms with Gasteiger partial charge in [0.25, 0.3) is 0 Å². The molecule has 0 atom stereocenters. The van der Waals surface area contributed by atoms with Gasteiger partial charge in [-0.05, 0) is 19.8 Å². The lowest BCUT2D eigenvalue weighted by Gasteiger charge is -2.34. The maximum absolute atomic E-state index is 4.56. The van der Waals surface area contributed by atoms with Crippen LogP contribution in [0.1, 0.15) is 19.8 Å². The fraction of sp³-hybridized carbons (Fsp3) is 0.750. The minimum Gasteiger partial charge on any atom is -0.353 e. The van der Waals surface area contributed by atoms with Gasteiger partial charge in [-0.3, -0.25) is 9.58 Å². The van der Waals surface area contributed by atoms with Gasteiger partial charge < -0.3 is 4.90 Å². The zero-order valence-corrected chi connectivity index (χ0v) is 9.97. The Hall–Kier alpha value is -1.03. The van der Waals surface area contributed by atoms with Crippen LogP contribution in [0.5, 0.6) is 0 Å². The summed E-state index contributed by atoms with van der Waals surface area (Å²) in [5.74, 6) is 1.15. The maximum Gasteiger partial charge on any atom is 0.150 e. The topological polar surface area (TPSA) is 24.3 Å². The maximum atomic E-state index is 4.56. The Morgan fingerprint density at radius 3 is 2.56 bits per heavy atom. The second-order valence-corrected chi connectivity index (χ2v) is 4.78. The van der Waals surface area contributed by atoms with Crippen molar-refractivity contribution in [2.45, 2.75) is 32.4 Å². The molecule has 16 heavy (non-hydrogen) atoms. The molecule has 0 radical (unpaired) electrons. The normalized spacial score (nSPS) is 22.7. The van der Waals surface area contributed by atoms with E-state index in [1.54, 1.807) is 0 Å². The Morgan fingerprint density at radius 2 is 2.00 bits per heavy atom. The second kappa shape index (κ2) is 4.09. The molecule has 0 N–H and O–H groups in total. The average molecular weight is 220 g/mol. The standard InChI is InChI=1S/C12H20N4/c1-2-16-6-5-12(13-16)15-9-7-14(8-10-15)11-3-4-11/h5-6,11H,2-4,7-10H2,1H3. The first-order valence-corrected chi connectivity index (χ1v) is 6.39. The molecule has 1 saturated carbocycles. The largest absolute Gasteiger partial charge is 0.353 e. The highest BCUT2D eigenvalue weighted by Gasteiger charge is 2.31. The first kappa shape index (κ1) is 10.1. The lowest BCUT2D eigenvalue weighted by molar-refractivity contribution is 0.247. The molecule has 0 aromatic carbocycles. The van der Waals surface area contributed by atoms with E-state index in [-0.39, 0.29) is 0 Å². The molecular weight excluding hydrogens is 200 g/mol. The van der Waals surface area contributed by atoms with Crippen molar-refractivity contribution < 1.29 is 0 Å². The molecule has 1 aromatic heterocycles. The number of aryl methyl sites for hydroxylation is 1. The van der Waals surface area contributed by atoms with E-state index >= 15 is 0 Å². The molecule has 2 fully saturated rings. The molecule has 0 bridgehead atoms. The smallest absolute Gasteiger partial charge is 0.150 e. The van der Waals surface area contributed by atoms with Gasteiger partial charge in [0.1, 0.15) is 0 Å². The molecule has 4 nitrogen and oxygen atoms in total. The molecule has 2 heterocycles. The summed E-state index contributed by atoms with van der Waals surface area (Å²) in [7, 11) is 0. The third-order valence-corrected chi connectivity index (χ3v) is 3.65. The van der Waals surface area contributed by atoms with E-state index in [9.17, 15) is 0 Å². The van der Waals surface area contributed by atoms with Crippen LogP contribution in [0.15, 0.2) is 12.3 Å². The number of hydrogen-bond donors (Lipinski definition) is 0. The Bertz CT molecular complexity index is 348. The predicted molar refractivity (Wildman–Crippen MR) is 64.7 cm³/mol. The number of nitrogens with zero attached hydrogens (tertiary/aromatic N) is 4.